The summed E-state index contributed by atoms with van der Waals surface area (Å²) in [5, 5.41) is 3.38. The Kier molecular flexibility index (Phi) is 4.56. The molecule has 15 heavy (non-hydrogen) atoms. The molecule has 0 bridgehead atoms. The highest BCUT2D eigenvalue weighted by atomic mass is 16.5. The lowest BCUT2D eigenvalue weighted by atomic mass is 10.1. The fourth-order valence-corrected chi connectivity index (χ4v) is 1.39. The van der Waals surface area contributed by atoms with Crippen molar-refractivity contribution in [1.29, 1.82) is 0 Å². The van der Waals surface area contributed by atoms with Gasteiger partial charge in [-0.3, -0.25) is 0 Å². The molecule has 0 aliphatic heterocycles. The van der Waals surface area contributed by atoms with E-state index in [1.807, 2.05) is 18.3 Å². The molecule has 0 saturated heterocycles. The van der Waals surface area contributed by atoms with E-state index in [-0.39, 0.29) is 0 Å². The van der Waals surface area contributed by atoms with Crippen LogP contribution in [0.25, 0.3) is 0 Å². The molecule has 0 amide bonds. The van der Waals surface area contributed by atoms with Crippen LogP contribution in [0.4, 0.5) is 5.82 Å². The maximum absolute atomic E-state index is 5.18. The van der Waals surface area contributed by atoms with Crippen molar-refractivity contribution in [3.8, 4) is 0 Å². The Bertz CT molecular complexity index is 299. The van der Waals surface area contributed by atoms with Crippen LogP contribution < -0.4 is 5.32 Å². The lowest BCUT2D eigenvalue weighted by Crippen LogP contribution is -2.30. The number of aromatic nitrogens is 1. The number of hydrogen-bond donors (Lipinski definition) is 1. The number of anilines is 1. The first-order valence-corrected chi connectivity index (χ1v) is 5.31. The fourth-order valence-electron chi connectivity index (χ4n) is 1.39. The van der Waals surface area contributed by atoms with Gasteiger partial charge in [-0.25, -0.2) is 4.98 Å². The topological polar surface area (TPSA) is 34.1 Å². The Morgan fingerprint density at radius 1 is 1.47 bits per heavy atom. The third-order valence-electron chi connectivity index (χ3n) is 2.40. The molecule has 3 heteroatoms. The van der Waals surface area contributed by atoms with Gasteiger partial charge in [0.1, 0.15) is 5.82 Å². The Labute approximate surface area is 91.9 Å². The zero-order chi connectivity index (χ0) is 11.3. The summed E-state index contributed by atoms with van der Waals surface area (Å²) in [6.45, 7) is 7.11. The number of nitrogens with one attached hydrogen (secondary N) is 1. The lowest BCUT2D eigenvalue weighted by Gasteiger charge is -2.22. The molecule has 1 heterocycles. The van der Waals surface area contributed by atoms with Crippen molar-refractivity contribution >= 4 is 5.82 Å². The number of rotatable bonds is 5. The molecule has 0 aliphatic carbocycles. The summed E-state index contributed by atoms with van der Waals surface area (Å²) in [4.78, 5) is 4.28. The predicted molar refractivity (Wildman–Crippen MR) is 63.1 cm³/mol. The fraction of sp³-hybridized carbons (Fsp3) is 0.583. The maximum atomic E-state index is 5.18. The van der Waals surface area contributed by atoms with E-state index in [4.69, 9.17) is 4.74 Å². The average molecular weight is 208 g/mol. The first kappa shape index (κ1) is 12.0. The van der Waals surface area contributed by atoms with E-state index in [0.29, 0.717) is 18.6 Å². The van der Waals surface area contributed by atoms with Crippen molar-refractivity contribution in [3.63, 3.8) is 0 Å². The summed E-state index contributed by atoms with van der Waals surface area (Å²) in [6.07, 6.45) is 1.82. The molecule has 1 unspecified atom stereocenters. The van der Waals surface area contributed by atoms with Crippen LogP contribution in [0.5, 0.6) is 0 Å². The summed E-state index contributed by atoms with van der Waals surface area (Å²) in [5.74, 6) is 1.44. The molecule has 0 saturated carbocycles. The molecule has 0 aliphatic rings. The number of pyridine rings is 1. The minimum Gasteiger partial charge on any atom is -0.383 e. The highest BCUT2D eigenvalue weighted by Gasteiger charge is 2.12. The van der Waals surface area contributed by atoms with Crippen LogP contribution in [0.3, 0.4) is 0 Å². The average Bonchev–Trinajstić information content (AvgIpc) is 2.17. The highest BCUT2D eigenvalue weighted by Crippen LogP contribution is 2.11. The zero-order valence-electron chi connectivity index (χ0n) is 9.95. The molecular weight excluding hydrogens is 188 g/mol. The van der Waals surface area contributed by atoms with Gasteiger partial charge in [0.2, 0.25) is 0 Å². The predicted octanol–water partition coefficient (Wildman–Crippen LogP) is 2.47. The van der Waals surface area contributed by atoms with Crippen LogP contribution in [0.2, 0.25) is 0 Å². The van der Waals surface area contributed by atoms with Gasteiger partial charge in [-0.05, 0) is 30.5 Å². The molecule has 0 spiro atoms. The second-order valence-electron chi connectivity index (χ2n) is 4.17. The van der Waals surface area contributed by atoms with Gasteiger partial charge in [-0.15, -0.1) is 0 Å². The van der Waals surface area contributed by atoms with E-state index < -0.39 is 0 Å². The Morgan fingerprint density at radius 2 is 2.20 bits per heavy atom. The maximum Gasteiger partial charge on any atom is 0.126 e. The molecule has 1 atom stereocenters. The van der Waals surface area contributed by atoms with Gasteiger partial charge in [-0.2, -0.15) is 0 Å². The van der Waals surface area contributed by atoms with Crippen LogP contribution in [-0.2, 0) is 4.74 Å². The number of aryl methyl sites for hydroxylation is 1. The van der Waals surface area contributed by atoms with Gasteiger partial charge in [0, 0.05) is 13.3 Å². The Hall–Kier alpha value is -1.09. The van der Waals surface area contributed by atoms with Crippen molar-refractivity contribution < 1.29 is 4.74 Å². The molecule has 0 radical (unpaired) electrons. The number of hydrogen-bond acceptors (Lipinski definition) is 3. The van der Waals surface area contributed by atoms with Crippen LogP contribution in [-0.4, -0.2) is 24.7 Å². The molecule has 1 N–H and O–H groups in total. The molecule has 1 aromatic heterocycles. The molecule has 3 nitrogen and oxygen atoms in total. The third-order valence-corrected chi connectivity index (χ3v) is 2.40. The van der Waals surface area contributed by atoms with Crippen molar-refractivity contribution in [2.75, 3.05) is 19.0 Å². The lowest BCUT2D eigenvalue weighted by molar-refractivity contribution is 0.171. The van der Waals surface area contributed by atoms with Gasteiger partial charge < -0.3 is 10.1 Å². The van der Waals surface area contributed by atoms with Crippen LogP contribution in [0, 0.1) is 12.8 Å². The molecule has 0 aromatic carbocycles. The zero-order valence-corrected chi connectivity index (χ0v) is 9.95. The summed E-state index contributed by atoms with van der Waals surface area (Å²) in [6, 6.07) is 4.35. The highest BCUT2D eigenvalue weighted by molar-refractivity contribution is 5.38. The van der Waals surface area contributed by atoms with E-state index in [1.54, 1.807) is 7.11 Å². The standard InChI is InChI=1S/C12H20N2O/c1-9(2)11(8-15-4)14-12-7-10(3)5-6-13-12/h5-7,9,11H,8H2,1-4H3,(H,13,14). The quantitative estimate of drug-likeness (QED) is 0.807. The molecule has 84 valence electrons. The number of methoxy groups -OCH3 is 1. The first-order chi connectivity index (χ1) is 7.13. The van der Waals surface area contributed by atoms with E-state index in [9.17, 15) is 0 Å². The minimum atomic E-state index is 0.310. The van der Waals surface area contributed by atoms with E-state index in [1.165, 1.54) is 5.56 Å². The summed E-state index contributed by atoms with van der Waals surface area (Å²) in [5.41, 5.74) is 1.22. The Morgan fingerprint density at radius 3 is 2.73 bits per heavy atom. The van der Waals surface area contributed by atoms with Crippen LogP contribution in [0.15, 0.2) is 18.3 Å². The van der Waals surface area contributed by atoms with Gasteiger partial charge in [0.25, 0.3) is 0 Å². The molecule has 0 fully saturated rings. The molecule has 1 rings (SSSR count). The van der Waals surface area contributed by atoms with Gasteiger partial charge >= 0.3 is 0 Å². The van der Waals surface area contributed by atoms with Crippen molar-refractivity contribution in [2.45, 2.75) is 26.8 Å². The monoisotopic (exact) mass is 208 g/mol. The largest absolute Gasteiger partial charge is 0.383 e. The van der Waals surface area contributed by atoms with E-state index >= 15 is 0 Å². The van der Waals surface area contributed by atoms with E-state index in [0.717, 1.165) is 5.82 Å². The molecular formula is C12H20N2O. The van der Waals surface area contributed by atoms with Gasteiger partial charge in [0.15, 0.2) is 0 Å². The number of ether oxygens (including phenoxy) is 1. The summed E-state index contributed by atoms with van der Waals surface area (Å²) in [7, 11) is 1.72. The third kappa shape index (κ3) is 3.88. The smallest absolute Gasteiger partial charge is 0.126 e. The SMILES string of the molecule is COCC(Nc1cc(C)ccn1)C(C)C. The van der Waals surface area contributed by atoms with Crippen molar-refractivity contribution in [1.82, 2.24) is 4.98 Å². The summed E-state index contributed by atoms with van der Waals surface area (Å²) < 4.78 is 5.18. The van der Waals surface area contributed by atoms with Crippen LogP contribution in [0.1, 0.15) is 19.4 Å². The van der Waals surface area contributed by atoms with Crippen LogP contribution >= 0.6 is 0 Å². The number of nitrogens with zero attached hydrogens (tertiary/aromatic N) is 1. The second-order valence-corrected chi connectivity index (χ2v) is 4.17. The summed E-state index contributed by atoms with van der Waals surface area (Å²) >= 11 is 0. The van der Waals surface area contributed by atoms with Crippen molar-refractivity contribution in [3.05, 3.63) is 23.9 Å². The van der Waals surface area contributed by atoms with Gasteiger partial charge in [-0.1, -0.05) is 13.8 Å². The second kappa shape index (κ2) is 5.71. The molecule has 1 aromatic rings. The Balaban J connectivity index is 2.65. The first-order valence-electron chi connectivity index (χ1n) is 5.31. The van der Waals surface area contributed by atoms with Crippen molar-refractivity contribution in [2.24, 2.45) is 5.92 Å². The normalized spacial score (nSPS) is 12.9. The van der Waals surface area contributed by atoms with Gasteiger partial charge in [0.05, 0.1) is 12.6 Å². The minimum absolute atomic E-state index is 0.310. The van der Waals surface area contributed by atoms with E-state index in [2.05, 4.69) is 31.1 Å².